The van der Waals surface area contributed by atoms with Crippen molar-refractivity contribution in [3.63, 3.8) is 0 Å². The number of halogens is 1. The van der Waals surface area contributed by atoms with Crippen LogP contribution in [0.25, 0.3) is 0 Å². The molecular weight excluding hydrogens is 304 g/mol. The van der Waals surface area contributed by atoms with Gasteiger partial charge in [-0.1, -0.05) is 42.6 Å². The lowest BCUT2D eigenvalue weighted by atomic mass is 9.68. The van der Waals surface area contributed by atoms with Crippen LogP contribution in [0, 0.1) is 11.8 Å². The quantitative estimate of drug-likeness (QED) is 0.902. The van der Waals surface area contributed by atoms with E-state index in [-0.39, 0.29) is 0 Å². The molecule has 3 heteroatoms. The van der Waals surface area contributed by atoms with Crippen molar-refractivity contribution >= 4 is 15.9 Å². The maximum absolute atomic E-state index is 11.0. The van der Waals surface area contributed by atoms with E-state index in [4.69, 9.17) is 4.74 Å². The number of methoxy groups -OCH3 is 1. The number of benzene rings is 1. The van der Waals surface area contributed by atoms with Crippen LogP contribution in [-0.4, -0.2) is 17.8 Å². The van der Waals surface area contributed by atoms with Crippen LogP contribution < -0.4 is 4.74 Å². The van der Waals surface area contributed by atoms with E-state index >= 15 is 0 Å². The molecule has 1 saturated carbocycles. The van der Waals surface area contributed by atoms with Gasteiger partial charge in [0.2, 0.25) is 0 Å². The fourth-order valence-corrected chi connectivity index (χ4v) is 3.52. The van der Waals surface area contributed by atoms with Crippen LogP contribution in [0.4, 0.5) is 0 Å². The van der Waals surface area contributed by atoms with E-state index in [1.54, 1.807) is 7.11 Å². The number of hydrogen-bond donors (Lipinski definition) is 1. The Bertz CT molecular complexity index is 446. The molecule has 0 spiro atoms. The summed E-state index contributed by atoms with van der Waals surface area (Å²) in [6.45, 7) is 4.42. The van der Waals surface area contributed by atoms with Crippen LogP contribution in [0.15, 0.2) is 22.7 Å². The molecule has 1 fully saturated rings. The third-order valence-electron chi connectivity index (χ3n) is 4.72. The molecule has 0 aromatic heterocycles. The van der Waals surface area contributed by atoms with E-state index in [0.717, 1.165) is 28.6 Å². The third kappa shape index (κ3) is 3.14. The zero-order valence-electron chi connectivity index (χ0n) is 11.9. The van der Waals surface area contributed by atoms with Gasteiger partial charge in [-0.3, -0.25) is 0 Å². The van der Waals surface area contributed by atoms with E-state index in [1.807, 2.05) is 18.2 Å². The van der Waals surface area contributed by atoms with Gasteiger partial charge in [0.1, 0.15) is 5.75 Å². The monoisotopic (exact) mass is 326 g/mol. The third-order valence-corrected chi connectivity index (χ3v) is 5.49. The summed E-state index contributed by atoms with van der Waals surface area (Å²) in [5, 5.41) is 11.0. The molecule has 0 saturated heterocycles. The zero-order valence-corrected chi connectivity index (χ0v) is 13.5. The molecule has 0 radical (unpaired) electrons. The molecule has 3 unspecified atom stereocenters. The van der Waals surface area contributed by atoms with Crippen molar-refractivity contribution < 1.29 is 9.84 Å². The standard InChI is InChI=1S/C16H23BrO2/c1-11-5-4-8-16(18,12(11)2)10-13-9-14(19-3)6-7-15(13)17/h6-7,9,11-12,18H,4-5,8,10H2,1-3H3. The molecule has 19 heavy (non-hydrogen) atoms. The van der Waals surface area contributed by atoms with Gasteiger partial charge in [-0.15, -0.1) is 0 Å². The molecule has 0 bridgehead atoms. The average Bonchev–Trinajstić information content (AvgIpc) is 2.39. The Morgan fingerprint density at radius 3 is 2.84 bits per heavy atom. The topological polar surface area (TPSA) is 29.5 Å². The highest BCUT2D eigenvalue weighted by molar-refractivity contribution is 9.10. The molecule has 106 valence electrons. The molecule has 0 heterocycles. The molecule has 1 aliphatic rings. The minimum atomic E-state index is -0.591. The Hall–Kier alpha value is -0.540. The van der Waals surface area contributed by atoms with E-state index in [9.17, 15) is 5.11 Å². The van der Waals surface area contributed by atoms with Gasteiger partial charge >= 0.3 is 0 Å². The largest absolute Gasteiger partial charge is 0.497 e. The second kappa shape index (κ2) is 5.84. The highest BCUT2D eigenvalue weighted by Gasteiger charge is 2.40. The highest BCUT2D eigenvalue weighted by atomic mass is 79.9. The summed E-state index contributed by atoms with van der Waals surface area (Å²) in [7, 11) is 1.67. The van der Waals surface area contributed by atoms with Gasteiger partial charge in [0, 0.05) is 10.9 Å². The summed E-state index contributed by atoms with van der Waals surface area (Å²) in [6, 6.07) is 5.95. The summed E-state index contributed by atoms with van der Waals surface area (Å²) < 4.78 is 6.33. The first-order valence-electron chi connectivity index (χ1n) is 7.01. The Morgan fingerprint density at radius 2 is 2.16 bits per heavy atom. The fraction of sp³-hybridized carbons (Fsp3) is 0.625. The van der Waals surface area contributed by atoms with E-state index in [2.05, 4.69) is 29.8 Å². The molecule has 1 aliphatic carbocycles. The van der Waals surface area contributed by atoms with E-state index in [0.29, 0.717) is 18.3 Å². The first-order chi connectivity index (χ1) is 8.96. The number of hydrogen-bond acceptors (Lipinski definition) is 2. The summed E-state index contributed by atoms with van der Waals surface area (Å²) in [5.41, 5.74) is 0.537. The van der Waals surface area contributed by atoms with Crippen molar-refractivity contribution in [3.8, 4) is 5.75 Å². The lowest BCUT2D eigenvalue weighted by Gasteiger charge is -2.42. The first kappa shape index (κ1) is 14.9. The summed E-state index contributed by atoms with van der Waals surface area (Å²) in [5.74, 6) is 1.76. The fourth-order valence-electron chi connectivity index (χ4n) is 3.13. The number of aliphatic hydroxyl groups is 1. The summed E-state index contributed by atoms with van der Waals surface area (Å²) in [4.78, 5) is 0. The highest BCUT2D eigenvalue weighted by Crippen LogP contribution is 2.41. The Balaban J connectivity index is 2.24. The molecule has 2 nitrogen and oxygen atoms in total. The van der Waals surface area contributed by atoms with Crippen molar-refractivity contribution in [1.29, 1.82) is 0 Å². The average molecular weight is 327 g/mol. The molecule has 1 aromatic carbocycles. The van der Waals surface area contributed by atoms with Gasteiger partial charge in [-0.2, -0.15) is 0 Å². The van der Waals surface area contributed by atoms with Crippen LogP contribution in [0.1, 0.15) is 38.7 Å². The van der Waals surface area contributed by atoms with Crippen LogP contribution in [0.2, 0.25) is 0 Å². The van der Waals surface area contributed by atoms with E-state index < -0.39 is 5.60 Å². The van der Waals surface area contributed by atoms with Crippen molar-refractivity contribution in [2.45, 2.75) is 45.1 Å². The Morgan fingerprint density at radius 1 is 1.42 bits per heavy atom. The normalized spacial score (nSPS) is 31.2. The molecule has 1 N–H and O–H groups in total. The second-order valence-electron chi connectivity index (χ2n) is 5.90. The maximum atomic E-state index is 11.0. The molecule has 3 atom stereocenters. The first-order valence-corrected chi connectivity index (χ1v) is 7.80. The van der Waals surface area contributed by atoms with Gasteiger partial charge in [0.05, 0.1) is 12.7 Å². The SMILES string of the molecule is COc1ccc(Br)c(CC2(O)CCCC(C)C2C)c1. The molecule has 2 rings (SSSR count). The minimum Gasteiger partial charge on any atom is -0.497 e. The van der Waals surface area contributed by atoms with Crippen LogP contribution >= 0.6 is 15.9 Å². The van der Waals surface area contributed by atoms with Crippen molar-refractivity contribution in [2.75, 3.05) is 7.11 Å². The van der Waals surface area contributed by atoms with Gasteiger partial charge in [0.15, 0.2) is 0 Å². The molecular formula is C16H23BrO2. The zero-order chi connectivity index (χ0) is 14.0. The molecule has 1 aromatic rings. The predicted octanol–water partition coefficient (Wildman–Crippen LogP) is 4.19. The van der Waals surface area contributed by atoms with Crippen LogP contribution in [0.3, 0.4) is 0 Å². The van der Waals surface area contributed by atoms with Gasteiger partial charge in [0.25, 0.3) is 0 Å². The Labute approximate surface area is 124 Å². The Kier molecular flexibility index (Phi) is 4.57. The maximum Gasteiger partial charge on any atom is 0.119 e. The van der Waals surface area contributed by atoms with Crippen molar-refractivity contribution in [1.82, 2.24) is 0 Å². The predicted molar refractivity (Wildman–Crippen MR) is 81.5 cm³/mol. The number of rotatable bonds is 3. The van der Waals surface area contributed by atoms with Gasteiger partial charge < -0.3 is 9.84 Å². The lowest BCUT2D eigenvalue weighted by Crippen LogP contribution is -2.44. The van der Waals surface area contributed by atoms with Crippen molar-refractivity contribution in [3.05, 3.63) is 28.2 Å². The lowest BCUT2D eigenvalue weighted by molar-refractivity contribution is -0.0622. The van der Waals surface area contributed by atoms with E-state index in [1.165, 1.54) is 6.42 Å². The minimum absolute atomic E-state index is 0.333. The van der Waals surface area contributed by atoms with Crippen LogP contribution in [-0.2, 0) is 6.42 Å². The summed E-state index contributed by atoms with van der Waals surface area (Å²) in [6.07, 6.45) is 3.92. The summed E-state index contributed by atoms with van der Waals surface area (Å²) >= 11 is 3.58. The van der Waals surface area contributed by atoms with Crippen molar-refractivity contribution in [2.24, 2.45) is 11.8 Å². The van der Waals surface area contributed by atoms with Gasteiger partial charge in [-0.05, 0) is 42.0 Å². The smallest absolute Gasteiger partial charge is 0.119 e. The second-order valence-corrected chi connectivity index (χ2v) is 6.75. The molecule has 0 aliphatic heterocycles. The van der Waals surface area contributed by atoms with Gasteiger partial charge in [-0.25, -0.2) is 0 Å². The van der Waals surface area contributed by atoms with Crippen LogP contribution in [0.5, 0.6) is 5.75 Å². The number of ether oxygens (including phenoxy) is 1. The molecule has 0 amide bonds.